The van der Waals surface area contributed by atoms with Crippen LogP contribution in [0.25, 0.3) is 11.0 Å². The molecule has 1 saturated heterocycles. The Morgan fingerprint density at radius 2 is 2.10 bits per heavy atom. The number of halogens is 2. The lowest BCUT2D eigenvalue weighted by atomic mass is 9.96. The van der Waals surface area contributed by atoms with Gasteiger partial charge in [-0.1, -0.05) is 18.5 Å². The molecule has 2 aromatic rings. The minimum atomic E-state index is -0.425. The maximum atomic E-state index is 13.7. The van der Waals surface area contributed by atoms with Gasteiger partial charge in [-0.15, -0.1) is 0 Å². The van der Waals surface area contributed by atoms with E-state index in [4.69, 9.17) is 17.3 Å². The number of piperidine rings is 1. The Morgan fingerprint density at radius 3 is 2.76 bits per heavy atom. The van der Waals surface area contributed by atoms with Crippen molar-refractivity contribution < 1.29 is 4.39 Å². The zero-order valence-corrected chi connectivity index (χ0v) is 12.9. The van der Waals surface area contributed by atoms with Crippen molar-refractivity contribution >= 4 is 28.6 Å². The topological polar surface area (TPSA) is 47.1 Å². The number of aromatic nitrogens is 2. The second-order valence-electron chi connectivity index (χ2n) is 5.71. The number of hydrogen-bond donors (Lipinski definition) is 1. The lowest BCUT2D eigenvalue weighted by molar-refractivity contribution is 0.182. The van der Waals surface area contributed by atoms with Gasteiger partial charge < -0.3 is 15.2 Å². The molecule has 4 nitrogen and oxygen atoms in total. The zero-order chi connectivity index (χ0) is 15.0. The summed E-state index contributed by atoms with van der Waals surface area (Å²) in [6.45, 7) is 6.32. The van der Waals surface area contributed by atoms with Gasteiger partial charge in [0.05, 0.1) is 16.1 Å². The fourth-order valence-corrected chi connectivity index (χ4v) is 3.23. The molecule has 0 bridgehead atoms. The molecule has 6 heteroatoms. The Morgan fingerprint density at radius 1 is 1.38 bits per heavy atom. The Hall–Kier alpha value is -1.33. The predicted octanol–water partition coefficient (Wildman–Crippen LogP) is 3.14. The molecule has 0 radical (unpaired) electrons. The van der Waals surface area contributed by atoms with Gasteiger partial charge in [0.1, 0.15) is 5.82 Å². The third-order valence-corrected chi connectivity index (χ3v) is 4.70. The molecule has 1 fully saturated rings. The fourth-order valence-electron chi connectivity index (χ4n) is 3.07. The van der Waals surface area contributed by atoms with Crippen molar-refractivity contribution in [1.82, 2.24) is 14.5 Å². The monoisotopic (exact) mass is 310 g/mol. The molecule has 0 unspecified atom stereocenters. The molecule has 0 saturated carbocycles. The number of fused-ring (bicyclic) bond motifs is 1. The third-order valence-electron chi connectivity index (χ3n) is 4.41. The lowest BCUT2D eigenvalue weighted by Gasteiger charge is -2.31. The van der Waals surface area contributed by atoms with E-state index in [2.05, 4.69) is 16.8 Å². The Kier molecular flexibility index (Phi) is 4.04. The molecule has 0 amide bonds. The highest BCUT2D eigenvalue weighted by Gasteiger charge is 2.21. The smallest absolute Gasteiger partial charge is 0.201 e. The van der Waals surface area contributed by atoms with Crippen LogP contribution in [0.5, 0.6) is 0 Å². The third kappa shape index (κ3) is 2.85. The van der Waals surface area contributed by atoms with Gasteiger partial charge in [0.15, 0.2) is 0 Å². The van der Waals surface area contributed by atoms with Crippen molar-refractivity contribution in [1.29, 1.82) is 0 Å². The summed E-state index contributed by atoms with van der Waals surface area (Å²) in [6, 6.07) is 2.97. The van der Waals surface area contributed by atoms with E-state index >= 15 is 0 Å². The number of nitrogen functional groups attached to an aromatic ring is 1. The number of hydrogen-bond acceptors (Lipinski definition) is 3. The summed E-state index contributed by atoms with van der Waals surface area (Å²) < 4.78 is 15.6. The van der Waals surface area contributed by atoms with E-state index in [0.29, 0.717) is 17.4 Å². The molecule has 1 aromatic heterocycles. The van der Waals surface area contributed by atoms with E-state index in [1.165, 1.54) is 6.07 Å². The highest BCUT2D eigenvalue weighted by molar-refractivity contribution is 6.31. The average Bonchev–Trinajstić information content (AvgIpc) is 2.76. The molecule has 1 aliphatic heterocycles. The minimum absolute atomic E-state index is 0.0865. The summed E-state index contributed by atoms with van der Waals surface area (Å²) in [4.78, 5) is 6.74. The van der Waals surface area contributed by atoms with Crippen molar-refractivity contribution in [2.24, 2.45) is 5.92 Å². The summed E-state index contributed by atoms with van der Waals surface area (Å²) in [5.74, 6) is 0.571. The number of nitrogens with zero attached hydrogens (tertiary/aromatic N) is 3. The second kappa shape index (κ2) is 5.81. The normalized spacial score (nSPS) is 17.7. The van der Waals surface area contributed by atoms with Crippen LogP contribution >= 0.6 is 11.6 Å². The van der Waals surface area contributed by atoms with Crippen LogP contribution in [0.1, 0.15) is 19.8 Å². The van der Waals surface area contributed by atoms with Crippen LogP contribution in [-0.4, -0.2) is 34.1 Å². The van der Waals surface area contributed by atoms with Crippen molar-refractivity contribution in [2.45, 2.75) is 26.3 Å². The van der Waals surface area contributed by atoms with Crippen molar-refractivity contribution in [3.8, 4) is 0 Å². The molecular weight excluding hydrogens is 291 g/mol. The first-order valence-corrected chi connectivity index (χ1v) is 7.79. The first kappa shape index (κ1) is 14.6. The van der Waals surface area contributed by atoms with E-state index < -0.39 is 5.82 Å². The van der Waals surface area contributed by atoms with E-state index in [-0.39, 0.29) is 5.02 Å². The number of nitrogens with two attached hydrogens (primary N) is 1. The molecule has 21 heavy (non-hydrogen) atoms. The van der Waals surface area contributed by atoms with E-state index in [1.54, 1.807) is 6.07 Å². The van der Waals surface area contributed by atoms with Gasteiger partial charge >= 0.3 is 0 Å². The average molecular weight is 311 g/mol. The molecule has 114 valence electrons. The molecule has 1 aliphatic rings. The van der Waals surface area contributed by atoms with Crippen molar-refractivity contribution in [2.75, 3.05) is 25.4 Å². The summed E-state index contributed by atoms with van der Waals surface area (Å²) in [5, 5.41) is 0.0865. The quantitative estimate of drug-likeness (QED) is 0.947. The van der Waals surface area contributed by atoms with Crippen LogP contribution in [0.15, 0.2) is 12.1 Å². The molecule has 3 rings (SSSR count). The van der Waals surface area contributed by atoms with E-state index in [0.717, 1.165) is 44.5 Å². The summed E-state index contributed by atoms with van der Waals surface area (Å²) in [7, 11) is 0. The highest BCUT2D eigenvalue weighted by Crippen LogP contribution is 2.27. The van der Waals surface area contributed by atoms with Crippen LogP contribution in [0.4, 0.5) is 10.3 Å². The molecule has 2 heterocycles. The molecule has 1 aromatic carbocycles. The van der Waals surface area contributed by atoms with Gasteiger partial charge in [0.2, 0.25) is 5.95 Å². The van der Waals surface area contributed by atoms with Gasteiger partial charge in [0, 0.05) is 12.6 Å². The minimum Gasteiger partial charge on any atom is -0.369 e. The molecule has 0 spiro atoms. The SMILES string of the molecule is CCN1CCC(Cn2c(N)nc3cc(Cl)c(F)cc32)CC1. The molecular formula is C15H20ClFN4. The maximum Gasteiger partial charge on any atom is 0.201 e. The van der Waals surface area contributed by atoms with Crippen molar-refractivity contribution in [3.63, 3.8) is 0 Å². The van der Waals surface area contributed by atoms with Crippen LogP contribution in [0.3, 0.4) is 0 Å². The summed E-state index contributed by atoms with van der Waals surface area (Å²) in [6.07, 6.45) is 2.28. The zero-order valence-electron chi connectivity index (χ0n) is 12.1. The van der Waals surface area contributed by atoms with Crippen molar-refractivity contribution in [3.05, 3.63) is 23.0 Å². The summed E-state index contributed by atoms with van der Waals surface area (Å²) >= 11 is 5.80. The first-order chi connectivity index (χ1) is 10.1. The number of likely N-dealkylation sites (tertiary alicyclic amines) is 1. The van der Waals surface area contributed by atoms with Gasteiger partial charge in [0.25, 0.3) is 0 Å². The van der Waals surface area contributed by atoms with Crippen LogP contribution in [0, 0.1) is 11.7 Å². The number of benzene rings is 1. The van der Waals surface area contributed by atoms with Gasteiger partial charge in [-0.3, -0.25) is 0 Å². The fraction of sp³-hybridized carbons (Fsp3) is 0.533. The van der Waals surface area contributed by atoms with Gasteiger partial charge in [-0.05, 0) is 44.5 Å². The maximum absolute atomic E-state index is 13.7. The predicted molar refractivity (Wildman–Crippen MR) is 84.0 cm³/mol. The van der Waals surface area contributed by atoms with E-state index in [9.17, 15) is 4.39 Å². The first-order valence-electron chi connectivity index (χ1n) is 7.41. The molecule has 2 N–H and O–H groups in total. The Balaban J connectivity index is 1.84. The molecule has 0 atom stereocenters. The number of rotatable bonds is 3. The summed E-state index contributed by atoms with van der Waals surface area (Å²) in [5.41, 5.74) is 7.39. The van der Waals surface area contributed by atoms with Gasteiger partial charge in [-0.2, -0.15) is 0 Å². The Labute approximate surface area is 128 Å². The van der Waals surface area contributed by atoms with Crippen LogP contribution < -0.4 is 5.73 Å². The van der Waals surface area contributed by atoms with Crippen LogP contribution in [-0.2, 0) is 6.54 Å². The highest BCUT2D eigenvalue weighted by atomic mass is 35.5. The standard InChI is InChI=1S/C15H20ClFN4/c1-2-20-5-3-10(4-6-20)9-21-14-8-12(17)11(16)7-13(14)19-15(21)18/h7-8,10H,2-6,9H2,1H3,(H2,18,19). The van der Waals surface area contributed by atoms with E-state index in [1.807, 2.05) is 4.57 Å². The lowest BCUT2D eigenvalue weighted by Crippen LogP contribution is -2.34. The molecule has 0 aliphatic carbocycles. The number of anilines is 1. The van der Waals surface area contributed by atoms with Gasteiger partial charge in [-0.25, -0.2) is 9.37 Å². The Bertz CT molecular complexity index is 647. The second-order valence-corrected chi connectivity index (χ2v) is 6.12. The van der Waals surface area contributed by atoms with Crippen LogP contribution in [0.2, 0.25) is 5.02 Å². The number of imidazole rings is 1. The largest absolute Gasteiger partial charge is 0.369 e.